The highest BCUT2D eigenvalue weighted by atomic mass is 35.5. The molecule has 0 atom stereocenters. The molecule has 2 N–H and O–H groups in total. The number of hydrogen-bond acceptors (Lipinski definition) is 13. The summed E-state index contributed by atoms with van der Waals surface area (Å²) >= 11 is 5.50. The van der Waals surface area contributed by atoms with Gasteiger partial charge in [-0.3, -0.25) is 4.79 Å². The van der Waals surface area contributed by atoms with Crippen LogP contribution >= 0.6 is 11.6 Å². The average molecular weight is 636 g/mol. The molecule has 0 aliphatic heterocycles. The molecule has 0 saturated carbocycles. The number of amides is 1. The topological polar surface area (TPSA) is 168 Å². The van der Waals surface area contributed by atoms with Crippen LogP contribution in [0.4, 0.5) is 0 Å². The summed E-state index contributed by atoms with van der Waals surface area (Å²) in [5.74, 6) is -1.03. The average Bonchev–Trinajstić information content (AvgIpc) is 2.97. The lowest BCUT2D eigenvalue weighted by Crippen LogP contribution is -2.31. The predicted molar refractivity (Wildman–Crippen MR) is 150 cm³/mol. The number of hydrogen-bond donors (Lipinski definition) is 2. The number of rotatable bonds is 36. The van der Waals surface area contributed by atoms with E-state index < -0.39 is 18.5 Å². The van der Waals surface area contributed by atoms with Crippen LogP contribution in [0, 0.1) is 0 Å². The number of aliphatic carboxylic acids is 1. The van der Waals surface area contributed by atoms with Crippen molar-refractivity contribution in [2.24, 2.45) is 0 Å². The molecule has 0 aliphatic rings. The summed E-state index contributed by atoms with van der Waals surface area (Å²) < 4.78 is 58.4. The van der Waals surface area contributed by atoms with E-state index in [1.54, 1.807) is 0 Å². The Bertz CT molecular complexity index is 579. The molecule has 0 aromatic carbocycles. The first-order chi connectivity index (χ1) is 20.7. The van der Waals surface area contributed by atoms with Crippen LogP contribution in [0.3, 0.4) is 0 Å². The van der Waals surface area contributed by atoms with E-state index in [1.165, 1.54) is 0 Å². The molecule has 0 aliphatic carbocycles. The summed E-state index contributed by atoms with van der Waals surface area (Å²) in [7, 11) is 0. The van der Waals surface area contributed by atoms with Gasteiger partial charge in [0.1, 0.15) is 13.2 Å². The molecule has 0 fully saturated rings. The number of alkyl halides is 1. The van der Waals surface area contributed by atoms with Crippen molar-refractivity contribution in [3.63, 3.8) is 0 Å². The molecule has 0 aromatic heterocycles. The molecule has 0 unspecified atom stereocenters. The second kappa shape index (κ2) is 36.0. The Morgan fingerprint density at radius 1 is 0.429 bits per heavy atom. The Morgan fingerprint density at radius 2 is 0.714 bits per heavy atom. The lowest BCUT2D eigenvalue weighted by atomic mass is 10.6. The molecule has 250 valence electrons. The van der Waals surface area contributed by atoms with E-state index in [-0.39, 0.29) is 6.61 Å². The molecule has 0 saturated heterocycles. The maximum atomic E-state index is 11.3. The fraction of sp³-hybridized carbons (Fsp3) is 0.923. The van der Waals surface area contributed by atoms with Crippen LogP contribution in [0.1, 0.15) is 0 Å². The fourth-order valence-electron chi connectivity index (χ4n) is 2.68. The molecule has 0 rings (SSSR count). The zero-order chi connectivity index (χ0) is 30.6. The lowest BCUT2D eigenvalue weighted by Gasteiger charge is -2.09. The first-order valence-corrected chi connectivity index (χ1v) is 14.6. The summed E-state index contributed by atoms with van der Waals surface area (Å²) in [6.07, 6.45) is 0. The van der Waals surface area contributed by atoms with Crippen molar-refractivity contribution in [2.75, 3.05) is 158 Å². The minimum atomic E-state index is -1.12. The van der Waals surface area contributed by atoms with Gasteiger partial charge >= 0.3 is 5.97 Å². The van der Waals surface area contributed by atoms with Crippen LogP contribution in [0.2, 0.25) is 0 Å². The van der Waals surface area contributed by atoms with Gasteiger partial charge in [-0.2, -0.15) is 0 Å². The molecule has 1 amide bonds. The Balaban J connectivity index is 3.08. The molecule has 42 heavy (non-hydrogen) atoms. The number of carboxylic acid groups (broad SMARTS) is 1. The number of ether oxygens (including phenoxy) is 11. The predicted octanol–water partition coefficient (Wildman–Crippen LogP) is -0.391. The number of carbonyl (C=O) groups is 2. The summed E-state index contributed by atoms with van der Waals surface area (Å²) in [5.41, 5.74) is 0. The normalized spacial score (nSPS) is 11.3. The summed E-state index contributed by atoms with van der Waals surface area (Å²) in [5, 5.41) is 11.0. The van der Waals surface area contributed by atoms with Gasteiger partial charge < -0.3 is 62.5 Å². The number of nitrogens with one attached hydrogen (secondary N) is 1. The quantitative estimate of drug-likeness (QED) is 0.0674. The summed E-state index contributed by atoms with van der Waals surface area (Å²) in [6.45, 7) is 8.97. The van der Waals surface area contributed by atoms with Crippen LogP contribution in [0.15, 0.2) is 0 Å². The van der Waals surface area contributed by atoms with Crippen molar-refractivity contribution in [1.82, 2.24) is 5.32 Å². The SMILES string of the molecule is O=C(O)COCC(=O)NCCOCCOCCOCCOCCOCCOCCOCCOCCOCCOCCCl. The first kappa shape index (κ1) is 40.8. The third-order valence-electron chi connectivity index (χ3n) is 4.60. The van der Waals surface area contributed by atoms with Crippen molar-refractivity contribution in [2.45, 2.75) is 0 Å². The van der Waals surface area contributed by atoms with Crippen molar-refractivity contribution in [1.29, 1.82) is 0 Å². The summed E-state index contributed by atoms with van der Waals surface area (Å²) in [4.78, 5) is 21.6. The largest absolute Gasteiger partial charge is 0.480 e. The molecule has 16 heteroatoms. The molecular weight excluding hydrogens is 586 g/mol. The second-order valence-electron chi connectivity index (χ2n) is 8.05. The molecule has 0 bridgehead atoms. The minimum absolute atomic E-state index is 0.300. The zero-order valence-electron chi connectivity index (χ0n) is 24.6. The highest BCUT2D eigenvalue weighted by Gasteiger charge is 2.03. The van der Waals surface area contributed by atoms with E-state index in [1.807, 2.05) is 0 Å². The van der Waals surface area contributed by atoms with Gasteiger partial charge in [0.25, 0.3) is 0 Å². The third-order valence-corrected chi connectivity index (χ3v) is 4.75. The summed E-state index contributed by atoms with van der Waals surface area (Å²) in [6, 6.07) is 0. The molecule has 0 aromatic rings. The van der Waals surface area contributed by atoms with E-state index in [0.717, 1.165) is 0 Å². The fourth-order valence-corrected chi connectivity index (χ4v) is 2.79. The van der Waals surface area contributed by atoms with Crippen molar-refractivity contribution in [3.05, 3.63) is 0 Å². The minimum Gasteiger partial charge on any atom is -0.480 e. The van der Waals surface area contributed by atoms with Gasteiger partial charge in [-0.05, 0) is 0 Å². The molecule has 0 heterocycles. The van der Waals surface area contributed by atoms with Crippen LogP contribution in [-0.4, -0.2) is 175 Å². The van der Waals surface area contributed by atoms with Gasteiger partial charge in [-0.15, -0.1) is 11.6 Å². The van der Waals surface area contributed by atoms with E-state index in [2.05, 4.69) is 10.1 Å². The Kier molecular flexibility index (Phi) is 34.9. The Labute approximate surface area is 253 Å². The number of carboxylic acids is 1. The van der Waals surface area contributed by atoms with Crippen LogP contribution < -0.4 is 5.32 Å². The first-order valence-electron chi connectivity index (χ1n) is 14.1. The molecule has 0 spiro atoms. The standard InChI is InChI=1S/C26H50ClNO14/c27-1-3-32-5-7-34-9-11-36-13-15-38-17-19-40-21-22-41-20-18-39-16-14-37-12-10-35-8-6-33-4-2-28-25(29)23-42-24-26(30)31/h1-24H2,(H,28,29)(H,30,31). The maximum absolute atomic E-state index is 11.3. The van der Waals surface area contributed by atoms with Crippen molar-refractivity contribution in [3.8, 4) is 0 Å². The Morgan fingerprint density at radius 3 is 1.00 bits per heavy atom. The number of carbonyl (C=O) groups excluding carboxylic acids is 1. The highest BCUT2D eigenvalue weighted by molar-refractivity contribution is 6.17. The third kappa shape index (κ3) is 36.8. The zero-order valence-corrected chi connectivity index (χ0v) is 25.4. The van der Waals surface area contributed by atoms with E-state index in [9.17, 15) is 9.59 Å². The Hall–Kier alpha value is -1.21. The second-order valence-corrected chi connectivity index (χ2v) is 8.43. The van der Waals surface area contributed by atoms with Crippen molar-refractivity contribution >= 4 is 23.5 Å². The van der Waals surface area contributed by atoms with Crippen LogP contribution in [0.25, 0.3) is 0 Å². The van der Waals surface area contributed by atoms with Gasteiger partial charge in [0, 0.05) is 12.4 Å². The van der Waals surface area contributed by atoms with E-state index >= 15 is 0 Å². The van der Waals surface area contributed by atoms with E-state index in [4.69, 9.17) is 64.1 Å². The monoisotopic (exact) mass is 635 g/mol. The maximum Gasteiger partial charge on any atom is 0.329 e. The van der Waals surface area contributed by atoms with Gasteiger partial charge in [0.15, 0.2) is 0 Å². The van der Waals surface area contributed by atoms with Gasteiger partial charge in [-0.25, -0.2) is 4.79 Å². The smallest absolute Gasteiger partial charge is 0.329 e. The molecule has 15 nitrogen and oxygen atoms in total. The van der Waals surface area contributed by atoms with Crippen molar-refractivity contribution < 1.29 is 66.8 Å². The van der Waals surface area contributed by atoms with Gasteiger partial charge in [0.2, 0.25) is 5.91 Å². The van der Waals surface area contributed by atoms with E-state index in [0.29, 0.717) is 145 Å². The highest BCUT2D eigenvalue weighted by Crippen LogP contribution is 1.87. The molecule has 0 radical (unpaired) electrons. The van der Waals surface area contributed by atoms with Crippen LogP contribution in [0.5, 0.6) is 0 Å². The van der Waals surface area contributed by atoms with Gasteiger partial charge in [-0.1, -0.05) is 0 Å². The van der Waals surface area contributed by atoms with Crippen LogP contribution in [-0.2, 0) is 61.7 Å². The molecular formula is C26H50ClNO14. The van der Waals surface area contributed by atoms with Gasteiger partial charge in [0.05, 0.1) is 132 Å². The number of halogens is 1. The lowest BCUT2D eigenvalue weighted by molar-refractivity contribution is -0.143.